The second-order valence-electron chi connectivity index (χ2n) is 4.56. The van der Waals surface area contributed by atoms with Crippen LogP contribution in [0.1, 0.15) is 18.4 Å². The van der Waals surface area contributed by atoms with Gasteiger partial charge in [0.25, 0.3) is 0 Å². The fraction of sp³-hybridized carbons (Fsp3) is 0.500. The van der Waals surface area contributed by atoms with Crippen molar-refractivity contribution in [3.8, 4) is 0 Å². The van der Waals surface area contributed by atoms with Gasteiger partial charge in [-0.3, -0.25) is 0 Å². The van der Waals surface area contributed by atoms with Crippen molar-refractivity contribution in [3.05, 3.63) is 29.6 Å². The second-order valence-corrected chi connectivity index (χ2v) is 4.56. The molecule has 0 saturated heterocycles. The molecule has 0 bridgehead atoms. The fourth-order valence-corrected chi connectivity index (χ4v) is 1.96. The van der Waals surface area contributed by atoms with Crippen molar-refractivity contribution in [1.29, 1.82) is 0 Å². The van der Waals surface area contributed by atoms with Crippen LogP contribution in [0, 0.1) is 11.7 Å². The molecule has 2 N–H and O–H groups in total. The highest BCUT2D eigenvalue weighted by Crippen LogP contribution is 2.32. The van der Waals surface area contributed by atoms with Gasteiger partial charge in [-0.05, 0) is 37.0 Å². The SMILES string of the molecule is OC1CC(CNc2ccc(C(F)(F)F)cc2F)C1. The van der Waals surface area contributed by atoms with Crippen LogP contribution in [0.3, 0.4) is 0 Å². The Kier molecular flexibility index (Phi) is 3.47. The maximum Gasteiger partial charge on any atom is 0.416 e. The van der Waals surface area contributed by atoms with Crippen molar-refractivity contribution in [2.45, 2.75) is 25.1 Å². The lowest BCUT2D eigenvalue weighted by Crippen LogP contribution is -2.33. The van der Waals surface area contributed by atoms with Crippen LogP contribution in [-0.4, -0.2) is 17.8 Å². The molecule has 0 aliphatic heterocycles. The highest BCUT2D eigenvalue weighted by molar-refractivity contribution is 5.47. The number of hydrogen-bond donors (Lipinski definition) is 2. The molecule has 0 unspecified atom stereocenters. The summed E-state index contributed by atoms with van der Waals surface area (Å²) in [5.74, 6) is -0.661. The van der Waals surface area contributed by atoms with Crippen LogP contribution in [0.5, 0.6) is 0 Å². The molecule has 1 aliphatic rings. The van der Waals surface area contributed by atoms with Crippen molar-refractivity contribution < 1.29 is 22.7 Å². The standard InChI is InChI=1S/C12H13F4NO/c13-10-5-8(12(14,15)16)1-2-11(10)17-6-7-3-9(18)4-7/h1-2,5,7,9,17-18H,3-4,6H2. The van der Waals surface area contributed by atoms with Crippen molar-refractivity contribution in [1.82, 2.24) is 0 Å². The zero-order valence-corrected chi connectivity index (χ0v) is 9.47. The molecule has 1 fully saturated rings. The Hall–Kier alpha value is -1.30. The largest absolute Gasteiger partial charge is 0.416 e. The van der Waals surface area contributed by atoms with Gasteiger partial charge in [-0.15, -0.1) is 0 Å². The molecule has 2 rings (SSSR count). The first kappa shape index (κ1) is 13.1. The quantitative estimate of drug-likeness (QED) is 0.821. The zero-order valence-electron chi connectivity index (χ0n) is 9.47. The van der Waals surface area contributed by atoms with Gasteiger partial charge in [0.1, 0.15) is 5.82 Å². The van der Waals surface area contributed by atoms with Gasteiger partial charge < -0.3 is 10.4 Å². The first-order chi connectivity index (χ1) is 8.36. The van der Waals surface area contributed by atoms with Crippen molar-refractivity contribution in [2.75, 3.05) is 11.9 Å². The van der Waals surface area contributed by atoms with Crippen molar-refractivity contribution in [2.24, 2.45) is 5.92 Å². The molecule has 0 aromatic heterocycles. The van der Waals surface area contributed by atoms with Crippen LogP contribution >= 0.6 is 0 Å². The predicted octanol–water partition coefficient (Wildman–Crippen LogP) is 3.03. The van der Waals surface area contributed by atoms with E-state index in [4.69, 9.17) is 5.11 Å². The van der Waals surface area contributed by atoms with Crippen LogP contribution in [-0.2, 0) is 6.18 Å². The highest BCUT2D eigenvalue weighted by atomic mass is 19.4. The summed E-state index contributed by atoms with van der Waals surface area (Å²) in [4.78, 5) is 0. The lowest BCUT2D eigenvalue weighted by Gasteiger charge is -2.31. The molecule has 1 aliphatic carbocycles. The van der Waals surface area contributed by atoms with Gasteiger partial charge >= 0.3 is 6.18 Å². The van der Waals surface area contributed by atoms with Gasteiger partial charge in [-0.2, -0.15) is 13.2 Å². The number of aliphatic hydroxyl groups is 1. The topological polar surface area (TPSA) is 32.3 Å². The van der Waals surface area contributed by atoms with Crippen LogP contribution < -0.4 is 5.32 Å². The van der Waals surface area contributed by atoms with Crippen LogP contribution in [0.15, 0.2) is 18.2 Å². The van der Waals surface area contributed by atoms with E-state index in [0.717, 1.165) is 12.1 Å². The van der Waals surface area contributed by atoms with Crippen molar-refractivity contribution >= 4 is 5.69 Å². The molecule has 6 heteroatoms. The van der Waals surface area contributed by atoms with Gasteiger partial charge in [0, 0.05) is 6.54 Å². The van der Waals surface area contributed by atoms with E-state index < -0.39 is 17.6 Å². The predicted molar refractivity (Wildman–Crippen MR) is 58.6 cm³/mol. The summed E-state index contributed by atoms with van der Waals surface area (Å²) in [6.45, 7) is 0.458. The third-order valence-electron chi connectivity index (χ3n) is 3.09. The van der Waals surface area contributed by atoms with Crippen molar-refractivity contribution in [3.63, 3.8) is 0 Å². The average molecular weight is 263 g/mol. The monoisotopic (exact) mass is 263 g/mol. The molecule has 0 amide bonds. The lowest BCUT2D eigenvalue weighted by molar-refractivity contribution is -0.137. The average Bonchev–Trinajstić information content (AvgIpc) is 2.22. The number of aliphatic hydroxyl groups excluding tert-OH is 1. The minimum Gasteiger partial charge on any atom is -0.393 e. The molecule has 0 atom stereocenters. The first-order valence-electron chi connectivity index (χ1n) is 5.65. The minimum absolute atomic E-state index is 0.0596. The number of alkyl halides is 3. The first-order valence-corrected chi connectivity index (χ1v) is 5.65. The summed E-state index contributed by atoms with van der Waals surface area (Å²) in [6.07, 6.45) is -3.53. The van der Waals surface area contributed by atoms with E-state index in [1.807, 2.05) is 0 Å². The maximum atomic E-state index is 13.4. The van der Waals surface area contributed by atoms with Gasteiger partial charge in [0.05, 0.1) is 17.4 Å². The molecule has 18 heavy (non-hydrogen) atoms. The van der Waals surface area contributed by atoms with Crippen LogP contribution in [0.4, 0.5) is 23.2 Å². The van der Waals surface area contributed by atoms with E-state index in [1.54, 1.807) is 0 Å². The van der Waals surface area contributed by atoms with Gasteiger partial charge in [0.15, 0.2) is 0 Å². The summed E-state index contributed by atoms with van der Waals surface area (Å²) in [5, 5.41) is 11.8. The third-order valence-corrected chi connectivity index (χ3v) is 3.09. The molecule has 0 spiro atoms. The number of nitrogens with one attached hydrogen (secondary N) is 1. The Morgan fingerprint density at radius 2 is 1.94 bits per heavy atom. The Morgan fingerprint density at radius 1 is 1.28 bits per heavy atom. The third kappa shape index (κ3) is 2.93. The summed E-state index contributed by atoms with van der Waals surface area (Å²) < 4.78 is 50.3. The summed E-state index contributed by atoms with van der Waals surface area (Å²) in [5.41, 5.74) is -0.936. The Labute approximate surface area is 102 Å². The minimum atomic E-state index is -4.53. The zero-order chi connectivity index (χ0) is 13.3. The molecule has 0 heterocycles. The van der Waals surface area contributed by atoms with Crippen LogP contribution in [0.2, 0.25) is 0 Å². The Balaban J connectivity index is 1.97. The number of halogens is 4. The number of benzene rings is 1. The molecule has 1 saturated carbocycles. The summed E-state index contributed by atoms with van der Waals surface area (Å²) in [7, 11) is 0. The van der Waals surface area contributed by atoms with Gasteiger partial charge in [-0.25, -0.2) is 4.39 Å². The van der Waals surface area contributed by atoms with Gasteiger partial charge in [0.2, 0.25) is 0 Å². The van der Waals surface area contributed by atoms with Gasteiger partial charge in [-0.1, -0.05) is 0 Å². The smallest absolute Gasteiger partial charge is 0.393 e. The summed E-state index contributed by atoms with van der Waals surface area (Å²) in [6, 6.07) is 2.42. The Bertz CT molecular complexity index is 427. The highest BCUT2D eigenvalue weighted by Gasteiger charge is 2.31. The van der Waals surface area contributed by atoms with E-state index in [9.17, 15) is 17.6 Å². The molecular formula is C12H13F4NO. The fourth-order valence-electron chi connectivity index (χ4n) is 1.96. The molecule has 1 aromatic carbocycles. The molecule has 1 aromatic rings. The number of anilines is 1. The number of rotatable bonds is 3. The molecule has 0 radical (unpaired) electrons. The van der Waals surface area contributed by atoms with E-state index in [1.165, 1.54) is 0 Å². The molecular weight excluding hydrogens is 250 g/mol. The van der Waals surface area contributed by atoms with E-state index in [2.05, 4.69) is 5.32 Å². The number of hydrogen-bond acceptors (Lipinski definition) is 2. The normalized spacial score (nSPS) is 23.6. The molecule has 2 nitrogen and oxygen atoms in total. The lowest BCUT2D eigenvalue weighted by atomic mass is 9.82. The molecule has 100 valence electrons. The van der Waals surface area contributed by atoms with E-state index in [-0.39, 0.29) is 17.7 Å². The Morgan fingerprint density at radius 3 is 2.44 bits per heavy atom. The second kappa shape index (κ2) is 4.76. The van der Waals surface area contributed by atoms with E-state index >= 15 is 0 Å². The van der Waals surface area contributed by atoms with Crippen LogP contribution in [0.25, 0.3) is 0 Å². The van der Waals surface area contributed by atoms with E-state index in [0.29, 0.717) is 25.5 Å². The summed E-state index contributed by atoms with van der Waals surface area (Å²) >= 11 is 0. The maximum absolute atomic E-state index is 13.4.